The van der Waals surface area contributed by atoms with Gasteiger partial charge in [0.25, 0.3) is 5.91 Å². The number of carbonyl (C=O) groups excluding carboxylic acids is 2. The quantitative estimate of drug-likeness (QED) is 0.305. The van der Waals surface area contributed by atoms with Gasteiger partial charge in [0.15, 0.2) is 23.0 Å². The Morgan fingerprint density at radius 1 is 0.905 bits per heavy atom. The highest BCUT2D eigenvalue weighted by Crippen LogP contribution is 2.46. The first-order chi connectivity index (χ1) is 20.3. The normalized spacial score (nSPS) is 16.0. The molecule has 0 saturated heterocycles. The van der Waals surface area contributed by atoms with Crippen molar-refractivity contribution in [2.45, 2.75) is 32.2 Å². The molecule has 0 aromatic heterocycles. The third kappa shape index (κ3) is 6.10. The molecular formula is C33H41N3O6. The van der Waals surface area contributed by atoms with Gasteiger partial charge in [-0.3, -0.25) is 9.59 Å². The summed E-state index contributed by atoms with van der Waals surface area (Å²) in [7, 11) is 7.90. The Morgan fingerprint density at radius 2 is 1.57 bits per heavy atom. The number of hydrogen-bond acceptors (Lipinski definition) is 7. The minimum atomic E-state index is -0.709. The van der Waals surface area contributed by atoms with Crippen LogP contribution in [0.1, 0.15) is 52.4 Å². The second-order valence-electron chi connectivity index (χ2n) is 10.3. The summed E-state index contributed by atoms with van der Waals surface area (Å²) >= 11 is 0. The van der Waals surface area contributed by atoms with Crippen molar-refractivity contribution < 1.29 is 28.5 Å². The molecule has 0 saturated carbocycles. The van der Waals surface area contributed by atoms with Crippen LogP contribution in [0.15, 0.2) is 54.6 Å². The third-order valence-corrected chi connectivity index (χ3v) is 7.86. The Labute approximate surface area is 248 Å². The van der Waals surface area contributed by atoms with Crippen molar-refractivity contribution in [3.63, 3.8) is 0 Å². The van der Waals surface area contributed by atoms with Gasteiger partial charge in [0.2, 0.25) is 5.91 Å². The van der Waals surface area contributed by atoms with E-state index in [1.165, 1.54) is 25.5 Å². The summed E-state index contributed by atoms with van der Waals surface area (Å²) in [6.45, 7) is 6.35. The Hall–Kier alpha value is -4.40. The van der Waals surface area contributed by atoms with Crippen LogP contribution in [0.25, 0.3) is 0 Å². The number of hydrogen-bond donors (Lipinski definition) is 1. The number of likely N-dealkylation sites (N-methyl/N-ethyl adjacent to an activating group) is 1. The highest BCUT2D eigenvalue weighted by Gasteiger charge is 2.43. The van der Waals surface area contributed by atoms with E-state index < -0.39 is 12.0 Å². The zero-order valence-corrected chi connectivity index (χ0v) is 25.5. The average molecular weight is 576 g/mol. The molecule has 224 valence electrons. The molecule has 9 nitrogen and oxygen atoms in total. The minimum Gasteiger partial charge on any atom is -0.493 e. The van der Waals surface area contributed by atoms with E-state index in [0.717, 1.165) is 25.1 Å². The smallest absolute Gasteiger partial charge is 0.254 e. The van der Waals surface area contributed by atoms with E-state index in [0.29, 0.717) is 40.7 Å². The molecule has 3 aromatic rings. The van der Waals surface area contributed by atoms with Gasteiger partial charge >= 0.3 is 0 Å². The number of rotatable bonds is 12. The molecular weight excluding hydrogens is 534 g/mol. The van der Waals surface area contributed by atoms with Crippen molar-refractivity contribution in [2.24, 2.45) is 0 Å². The summed E-state index contributed by atoms with van der Waals surface area (Å²) < 4.78 is 22.0. The molecule has 0 unspecified atom stereocenters. The van der Waals surface area contributed by atoms with Gasteiger partial charge in [0.1, 0.15) is 0 Å². The molecule has 1 aliphatic heterocycles. The number of nitrogens with one attached hydrogen (secondary N) is 1. The summed E-state index contributed by atoms with van der Waals surface area (Å²) in [4.78, 5) is 31.6. The maximum Gasteiger partial charge on any atom is 0.254 e. The Morgan fingerprint density at radius 3 is 2.21 bits per heavy atom. The number of amides is 2. The molecule has 1 heterocycles. The van der Waals surface area contributed by atoms with Gasteiger partial charge in [-0.15, -0.1) is 0 Å². The molecule has 0 spiro atoms. The largest absolute Gasteiger partial charge is 0.493 e. The van der Waals surface area contributed by atoms with Crippen LogP contribution in [0.2, 0.25) is 0 Å². The van der Waals surface area contributed by atoms with Crippen molar-refractivity contribution in [1.82, 2.24) is 10.2 Å². The molecule has 1 aliphatic rings. The van der Waals surface area contributed by atoms with Crippen LogP contribution >= 0.6 is 0 Å². The number of nitrogens with zero attached hydrogens (tertiary/aromatic N) is 2. The summed E-state index contributed by atoms with van der Waals surface area (Å²) in [5.74, 6) is 0.857. The monoisotopic (exact) mass is 575 g/mol. The van der Waals surface area contributed by atoms with Crippen LogP contribution in [0.3, 0.4) is 0 Å². The van der Waals surface area contributed by atoms with Crippen molar-refractivity contribution in [3.05, 3.63) is 76.9 Å². The van der Waals surface area contributed by atoms with Crippen molar-refractivity contribution in [3.8, 4) is 23.0 Å². The molecule has 0 aliphatic carbocycles. The lowest BCUT2D eigenvalue weighted by Crippen LogP contribution is -2.46. The van der Waals surface area contributed by atoms with Gasteiger partial charge in [-0.05, 0) is 73.4 Å². The van der Waals surface area contributed by atoms with Crippen molar-refractivity contribution >= 4 is 17.5 Å². The van der Waals surface area contributed by atoms with Crippen LogP contribution in [0.4, 0.5) is 5.69 Å². The Kier molecular flexibility index (Phi) is 9.83. The van der Waals surface area contributed by atoms with E-state index in [4.69, 9.17) is 18.9 Å². The molecule has 2 atom stereocenters. The predicted molar refractivity (Wildman–Crippen MR) is 163 cm³/mol. The average Bonchev–Trinajstić information content (AvgIpc) is 3.01. The molecule has 4 rings (SSSR count). The van der Waals surface area contributed by atoms with Crippen LogP contribution in [-0.4, -0.2) is 71.8 Å². The van der Waals surface area contributed by atoms with E-state index in [9.17, 15) is 9.59 Å². The van der Waals surface area contributed by atoms with Gasteiger partial charge in [0.05, 0.1) is 40.4 Å². The number of ether oxygens (including phenoxy) is 4. The molecule has 42 heavy (non-hydrogen) atoms. The van der Waals surface area contributed by atoms with E-state index in [1.807, 2.05) is 12.1 Å². The fourth-order valence-corrected chi connectivity index (χ4v) is 5.67. The minimum absolute atomic E-state index is 0.179. The molecule has 0 fully saturated rings. The SMILES string of the molecule is CCN(CCCNC(=O)[C@H]1c2cc(OC)c(OC)cc2C(=O)N(C)[C@@H]1c1ccc(OC)c(OC)c1)c1cccc(C)c1. The summed E-state index contributed by atoms with van der Waals surface area (Å²) in [6.07, 6.45) is 0.759. The molecule has 1 N–H and O–H groups in total. The Bertz CT molecular complexity index is 1420. The van der Waals surface area contributed by atoms with Gasteiger partial charge < -0.3 is 34.1 Å². The lowest BCUT2D eigenvalue weighted by Gasteiger charge is -2.40. The standard InChI is InChI=1S/C33H41N3O6/c1-8-36(23-12-9-11-21(2)17-23)16-10-15-34-32(37)30-24-19-28(41-6)29(42-7)20-25(24)33(38)35(3)31(30)22-13-14-26(39-4)27(18-22)40-5/h9,11-14,17-20,30-31H,8,10,15-16H2,1-7H3,(H,34,37)/t30-,31+/m0/s1. The van der Waals surface area contributed by atoms with Gasteiger partial charge in [0, 0.05) is 37.9 Å². The fourth-order valence-electron chi connectivity index (χ4n) is 5.67. The molecule has 3 aromatic carbocycles. The van der Waals surface area contributed by atoms with E-state index in [2.05, 4.69) is 48.3 Å². The molecule has 0 bridgehead atoms. The second kappa shape index (κ2) is 13.5. The lowest BCUT2D eigenvalue weighted by molar-refractivity contribution is -0.124. The van der Waals surface area contributed by atoms with Gasteiger partial charge in [-0.25, -0.2) is 0 Å². The summed E-state index contributed by atoms with van der Waals surface area (Å²) in [5, 5.41) is 3.16. The topological polar surface area (TPSA) is 89.6 Å². The number of aryl methyl sites for hydroxylation is 1. The highest BCUT2D eigenvalue weighted by atomic mass is 16.5. The molecule has 9 heteroatoms. The van der Waals surface area contributed by atoms with Gasteiger partial charge in [-0.2, -0.15) is 0 Å². The van der Waals surface area contributed by atoms with Gasteiger partial charge in [-0.1, -0.05) is 18.2 Å². The summed E-state index contributed by atoms with van der Waals surface area (Å²) in [6, 6.07) is 16.7. The fraction of sp³-hybridized carbons (Fsp3) is 0.394. The first-order valence-corrected chi connectivity index (χ1v) is 14.1. The number of benzene rings is 3. The van der Waals surface area contributed by atoms with E-state index in [1.54, 1.807) is 44.4 Å². The zero-order valence-electron chi connectivity index (χ0n) is 25.5. The first-order valence-electron chi connectivity index (χ1n) is 14.1. The Balaban J connectivity index is 1.66. The predicted octanol–water partition coefficient (Wildman–Crippen LogP) is 4.97. The number of methoxy groups -OCH3 is 4. The van der Waals surface area contributed by atoms with E-state index in [-0.39, 0.29) is 11.8 Å². The van der Waals surface area contributed by atoms with E-state index >= 15 is 0 Å². The van der Waals surface area contributed by atoms with Crippen molar-refractivity contribution in [1.29, 1.82) is 0 Å². The lowest BCUT2D eigenvalue weighted by atomic mass is 9.79. The second-order valence-corrected chi connectivity index (χ2v) is 10.3. The number of anilines is 1. The van der Waals surface area contributed by atoms with Crippen LogP contribution in [0, 0.1) is 6.92 Å². The van der Waals surface area contributed by atoms with Crippen molar-refractivity contribution in [2.75, 3.05) is 60.0 Å². The molecule has 0 radical (unpaired) electrons. The maximum absolute atomic E-state index is 14.1. The van der Waals surface area contributed by atoms with Crippen LogP contribution < -0.4 is 29.2 Å². The first kappa shape index (κ1) is 30.6. The van der Waals surface area contributed by atoms with Crippen LogP contribution in [0.5, 0.6) is 23.0 Å². The highest BCUT2D eigenvalue weighted by molar-refractivity contribution is 6.02. The maximum atomic E-state index is 14.1. The third-order valence-electron chi connectivity index (χ3n) is 7.86. The number of fused-ring (bicyclic) bond motifs is 1. The zero-order chi connectivity index (χ0) is 30.4. The molecule has 2 amide bonds. The van der Waals surface area contributed by atoms with Crippen LogP contribution in [-0.2, 0) is 4.79 Å². The summed E-state index contributed by atoms with van der Waals surface area (Å²) in [5.41, 5.74) is 4.12. The number of carbonyl (C=O) groups is 2.